The van der Waals surface area contributed by atoms with Crippen LogP contribution in [0.3, 0.4) is 0 Å². The van der Waals surface area contributed by atoms with Crippen molar-refractivity contribution in [2.24, 2.45) is 4.99 Å². The van der Waals surface area contributed by atoms with Gasteiger partial charge in [0.25, 0.3) is 0 Å². The lowest BCUT2D eigenvalue weighted by atomic mass is 10.0. The standard InChI is InChI=1S/C20H20N6OS.C12H13ClN4OS/c1-25(2)20(27)26-6-5-15-16(10-26)28-19-17(15)18(22-11-23-19)24-14-4-3-12-8-21-9-13(12)7-14;1-16(2)12(18)17-4-3-7-8(5-17)19-11-9(7)10(13)14-6-15-11/h3-4,7,9,11H,5-6,8,10H2,1-2H3,(H,22,23,24);6H,3-5H2,1-2H3. The van der Waals surface area contributed by atoms with Crippen LogP contribution in [-0.4, -0.2) is 99.1 Å². The predicted octanol–water partition coefficient (Wildman–Crippen LogP) is 5.79. The number of nitrogens with zero attached hydrogens (tertiary/aromatic N) is 9. The summed E-state index contributed by atoms with van der Waals surface area (Å²) in [6, 6.07) is 6.37. The molecule has 0 bridgehead atoms. The number of aliphatic imine (C=N–C) groups is 1. The molecular formula is C32H33ClN10O2S2. The average Bonchev–Trinajstić information content (AvgIpc) is 3.79. The molecule has 5 aromatic rings. The molecule has 1 N–H and O–H groups in total. The second kappa shape index (κ2) is 12.7. The number of thiophene rings is 2. The molecular weight excluding hydrogens is 656 g/mol. The Morgan fingerprint density at radius 1 is 0.830 bits per heavy atom. The maximum atomic E-state index is 12.3. The molecule has 0 saturated carbocycles. The minimum atomic E-state index is 0.0419. The molecule has 7 heterocycles. The summed E-state index contributed by atoms with van der Waals surface area (Å²) in [5.74, 6) is 0.824. The van der Waals surface area contributed by atoms with E-state index in [1.807, 2.05) is 16.0 Å². The van der Waals surface area contributed by atoms with Crippen molar-refractivity contribution < 1.29 is 9.59 Å². The topological polar surface area (TPSA) is 123 Å². The van der Waals surface area contributed by atoms with Crippen molar-refractivity contribution >= 4 is 84.5 Å². The van der Waals surface area contributed by atoms with Crippen LogP contribution in [0.4, 0.5) is 21.1 Å². The molecule has 8 rings (SSSR count). The molecule has 242 valence electrons. The average molecular weight is 689 g/mol. The van der Waals surface area contributed by atoms with Crippen molar-refractivity contribution in [3.05, 3.63) is 68.0 Å². The summed E-state index contributed by atoms with van der Waals surface area (Å²) in [6.45, 7) is 3.43. The minimum absolute atomic E-state index is 0.0419. The van der Waals surface area contributed by atoms with Gasteiger partial charge >= 0.3 is 12.1 Å². The zero-order valence-corrected chi connectivity index (χ0v) is 28.8. The Balaban J connectivity index is 0.000000161. The van der Waals surface area contributed by atoms with Crippen molar-refractivity contribution in [3.8, 4) is 0 Å². The summed E-state index contributed by atoms with van der Waals surface area (Å²) in [6.07, 6.45) is 6.62. The number of fused-ring (bicyclic) bond motifs is 7. The molecule has 12 nitrogen and oxygen atoms in total. The van der Waals surface area contributed by atoms with Crippen molar-refractivity contribution in [2.45, 2.75) is 32.5 Å². The van der Waals surface area contributed by atoms with Crippen LogP contribution in [0.2, 0.25) is 5.15 Å². The smallest absolute Gasteiger partial charge is 0.319 e. The van der Waals surface area contributed by atoms with Gasteiger partial charge in [0.15, 0.2) is 0 Å². The summed E-state index contributed by atoms with van der Waals surface area (Å²) >= 11 is 9.40. The number of nitrogens with one attached hydrogen (secondary N) is 1. The van der Waals surface area contributed by atoms with Crippen molar-refractivity contribution in [3.63, 3.8) is 0 Å². The van der Waals surface area contributed by atoms with Gasteiger partial charge in [0, 0.05) is 62.9 Å². The molecule has 3 aliphatic heterocycles. The Labute approximate surface area is 284 Å². The molecule has 0 atom stereocenters. The molecule has 47 heavy (non-hydrogen) atoms. The number of hydrogen-bond acceptors (Lipinski definition) is 10. The van der Waals surface area contributed by atoms with E-state index in [1.165, 1.54) is 32.8 Å². The van der Waals surface area contributed by atoms with Crippen LogP contribution >= 0.6 is 34.3 Å². The van der Waals surface area contributed by atoms with E-state index in [-0.39, 0.29) is 12.1 Å². The van der Waals surface area contributed by atoms with Gasteiger partial charge in [-0.2, -0.15) is 0 Å². The number of carbonyl (C=O) groups is 2. The van der Waals surface area contributed by atoms with Gasteiger partial charge in [-0.05, 0) is 47.2 Å². The van der Waals surface area contributed by atoms with E-state index in [2.05, 4.69) is 48.4 Å². The molecule has 0 spiro atoms. The summed E-state index contributed by atoms with van der Waals surface area (Å²) in [4.78, 5) is 57.1. The van der Waals surface area contributed by atoms with Gasteiger partial charge in [0.1, 0.15) is 33.3 Å². The van der Waals surface area contributed by atoms with Crippen LogP contribution in [0, 0.1) is 0 Å². The molecule has 0 fully saturated rings. The number of urea groups is 2. The van der Waals surface area contributed by atoms with Gasteiger partial charge in [-0.15, -0.1) is 22.7 Å². The van der Waals surface area contributed by atoms with Gasteiger partial charge in [0.05, 0.1) is 30.4 Å². The van der Waals surface area contributed by atoms with Crippen molar-refractivity contribution in [2.75, 3.05) is 46.6 Å². The van der Waals surface area contributed by atoms with Crippen LogP contribution in [0.25, 0.3) is 20.4 Å². The van der Waals surface area contributed by atoms with Crippen LogP contribution in [0.1, 0.15) is 32.0 Å². The fraction of sp³-hybridized carbons (Fsp3) is 0.344. The zero-order chi connectivity index (χ0) is 32.8. The van der Waals surface area contributed by atoms with Gasteiger partial charge < -0.3 is 24.9 Å². The number of hydrogen-bond donors (Lipinski definition) is 1. The summed E-state index contributed by atoms with van der Waals surface area (Å²) < 4.78 is 0. The van der Waals surface area contributed by atoms with E-state index in [1.54, 1.807) is 67.0 Å². The van der Waals surface area contributed by atoms with Crippen LogP contribution in [0.5, 0.6) is 0 Å². The molecule has 0 radical (unpaired) electrons. The Kier molecular flexibility index (Phi) is 8.41. The fourth-order valence-electron chi connectivity index (χ4n) is 6.12. The monoisotopic (exact) mass is 688 g/mol. The number of rotatable bonds is 2. The molecule has 0 unspecified atom stereocenters. The highest BCUT2D eigenvalue weighted by molar-refractivity contribution is 7.19. The lowest BCUT2D eigenvalue weighted by Gasteiger charge is -2.29. The summed E-state index contributed by atoms with van der Waals surface area (Å²) in [7, 11) is 7.12. The second-order valence-corrected chi connectivity index (χ2v) is 14.5. The third kappa shape index (κ3) is 5.96. The van der Waals surface area contributed by atoms with Crippen molar-refractivity contribution in [1.29, 1.82) is 0 Å². The van der Waals surface area contributed by atoms with Crippen LogP contribution in [-0.2, 0) is 32.5 Å². The first-order valence-electron chi connectivity index (χ1n) is 15.2. The zero-order valence-electron chi connectivity index (χ0n) is 26.4. The van der Waals surface area contributed by atoms with Crippen molar-refractivity contribution in [1.82, 2.24) is 39.5 Å². The first kappa shape index (κ1) is 31.2. The lowest BCUT2D eigenvalue weighted by molar-refractivity contribution is 0.166. The number of amides is 4. The van der Waals surface area contributed by atoms with Gasteiger partial charge in [0.2, 0.25) is 0 Å². The molecule has 3 aliphatic rings. The Bertz CT molecular complexity index is 2060. The SMILES string of the molecule is CN(C)C(=O)N1CCc2c(sc3ncnc(Cl)c23)C1.CN(C)C(=O)N1CCc2c(sc3ncnc(Nc4ccc5c(c4)C=NC5)c23)C1. The third-order valence-corrected chi connectivity index (χ3v) is 11.0. The largest absolute Gasteiger partial charge is 0.340 e. The molecule has 4 aromatic heterocycles. The van der Waals surface area contributed by atoms with E-state index in [0.717, 1.165) is 56.9 Å². The van der Waals surface area contributed by atoms with E-state index < -0.39 is 0 Å². The number of halogens is 1. The normalized spacial score (nSPS) is 14.7. The summed E-state index contributed by atoms with van der Waals surface area (Å²) in [5.41, 5.74) is 5.85. The Morgan fingerprint density at radius 2 is 1.43 bits per heavy atom. The number of benzene rings is 1. The lowest BCUT2D eigenvalue weighted by Crippen LogP contribution is -2.41. The molecule has 4 amide bonds. The Morgan fingerprint density at radius 3 is 2.06 bits per heavy atom. The number of aromatic nitrogens is 4. The maximum absolute atomic E-state index is 12.3. The minimum Gasteiger partial charge on any atom is -0.340 e. The molecule has 0 saturated heterocycles. The highest BCUT2D eigenvalue weighted by Crippen LogP contribution is 2.39. The first-order valence-corrected chi connectivity index (χ1v) is 17.2. The van der Waals surface area contributed by atoms with Crippen LogP contribution < -0.4 is 5.32 Å². The first-order chi connectivity index (χ1) is 22.7. The fourth-order valence-corrected chi connectivity index (χ4v) is 8.83. The highest BCUT2D eigenvalue weighted by atomic mass is 35.5. The third-order valence-electron chi connectivity index (χ3n) is 8.43. The highest BCUT2D eigenvalue weighted by Gasteiger charge is 2.28. The molecule has 15 heteroatoms. The van der Waals surface area contributed by atoms with Gasteiger partial charge in [-0.1, -0.05) is 17.7 Å². The number of carbonyl (C=O) groups excluding carboxylic acids is 2. The summed E-state index contributed by atoms with van der Waals surface area (Å²) in [5, 5.41) is 6.02. The van der Waals surface area contributed by atoms with Crippen LogP contribution in [0.15, 0.2) is 35.8 Å². The Hall–Kier alpha value is -4.40. The molecule has 1 aromatic carbocycles. The van der Waals surface area contributed by atoms with Gasteiger partial charge in [-0.25, -0.2) is 29.5 Å². The van der Waals surface area contributed by atoms with E-state index in [9.17, 15) is 9.59 Å². The van der Waals surface area contributed by atoms with E-state index in [4.69, 9.17) is 11.6 Å². The molecule has 0 aliphatic carbocycles. The number of anilines is 2. The van der Waals surface area contributed by atoms with Gasteiger partial charge in [-0.3, -0.25) is 4.99 Å². The second-order valence-electron chi connectivity index (χ2n) is 12.0. The van der Waals surface area contributed by atoms with E-state index >= 15 is 0 Å². The van der Waals surface area contributed by atoms with E-state index in [0.29, 0.717) is 31.3 Å². The maximum Gasteiger partial charge on any atom is 0.319 e. The quantitative estimate of drug-likeness (QED) is 0.233. The predicted molar refractivity (Wildman–Crippen MR) is 187 cm³/mol.